The average Bonchev–Trinajstić information content (AvgIpc) is 2.42. The van der Waals surface area contributed by atoms with E-state index in [1.165, 1.54) is 6.07 Å². The minimum atomic E-state index is -0.692. The molecule has 0 aromatic heterocycles. The molecule has 0 aliphatic rings. The van der Waals surface area contributed by atoms with Crippen molar-refractivity contribution in [2.24, 2.45) is 0 Å². The SMILES string of the molecule is Cc1cc(C)c([N+](=O)[O-])cc1NC(=O)Oc1ccccc1. The van der Waals surface area contributed by atoms with E-state index in [1.54, 1.807) is 50.2 Å². The molecule has 2 aromatic carbocycles. The Balaban J connectivity index is 2.17. The highest BCUT2D eigenvalue weighted by Gasteiger charge is 2.15. The van der Waals surface area contributed by atoms with Crippen LogP contribution in [0.1, 0.15) is 11.1 Å². The van der Waals surface area contributed by atoms with E-state index in [-0.39, 0.29) is 5.69 Å². The fourth-order valence-corrected chi connectivity index (χ4v) is 1.90. The van der Waals surface area contributed by atoms with Crippen LogP contribution >= 0.6 is 0 Å². The van der Waals surface area contributed by atoms with Crippen LogP contribution in [-0.4, -0.2) is 11.0 Å². The molecular weight excluding hydrogens is 272 g/mol. The number of hydrogen-bond acceptors (Lipinski definition) is 4. The fourth-order valence-electron chi connectivity index (χ4n) is 1.90. The van der Waals surface area contributed by atoms with Crippen LogP contribution in [0.25, 0.3) is 0 Å². The summed E-state index contributed by atoms with van der Waals surface area (Å²) >= 11 is 0. The molecule has 0 unspecified atom stereocenters. The van der Waals surface area contributed by atoms with Gasteiger partial charge in [0.25, 0.3) is 5.69 Å². The van der Waals surface area contributed by atoms with Gasteiger partial charge in [0.2, 0.25) is 0 Å². The lowest BCUT2D eigenvalue weighted by atomic mass is 10.1. The predicted octanol–water partition coefficient (Wildman–Crippen LogP) is 3.82. The Bertz CT molecular complexity index is 684. The lowest BCUT2D eigenvalue weighted by Gasteiger charge is -2.10. The Morgan fingerprint density at radius 3 is 2.43 bits per heavy atom. The van der Waals surface area contributed by atoms with E-state index in [1.807, 2.05) is 0 Å². The number of nitro groups is 1. The van der Waals surface area contributed by atoms with E-state index in [9.17, 15) is 14.9 Å². The van der Waals surface area contributed by atoms with Gasteiger partial charge in [0.1, 0.15) is 5.75 Å². The lowest BCUT2D eigenvalue weighted by molar-refractivity contribution is -0.385. The van der Waals surface area contributed by atoms with Crippen molar-refractivity contribution in [3.05, 3.63) is 63.7 Å². The number of aryl methyl sites for hydroxylation is 2. The maximum absolute atomic E-state index is 11.8. The first kappa shape index (κ1) is 14.5. The molecule has 0 aliphatic heterocycles. The molecule has 0 saturated heterocycles. The molecule has 0 aliphatic carbocycles. The van der Waals surface area contributed by atoms with Crippen molar-refractivity contribution in [1.82, 2.24) is 0 Å². The molecule has 21 heavy (non-hydrogen) atoms. The molecule has 0 heterocycles. The molecule has 6 heteroatoms. The molecule has 2 rings (SSSR count). The molecular formula is C15H14N2O4. The lowest BCUT2D eigenvalue weighted by Crippen LogP contribution is -2.17. The van der Waals surface area contributed by atoms with Gasteiger partial charge in [-0.25, -0.2) is 4.79 Å². The van der Waals surface area contributed by atoms with E-state index in [4.69, 9.17) is 4.74 Å². The first-order chi connectivity index (χ1) is 9.97. The molecule has 0 radical (unpaired) electrons. The number of anilines is 1. The van der Waals surface area contributed by atoms with Crippen LogP contribution < -0.4 is 10.1 Å². The van der Waals surface area contributed by atoms with Crippen LogP contribution in [-0.2, 0) is 0 Å². The van der Waals surface area contributed by atoms with Gasteiger partial charge in [-0.15, -0.1) is 0 Å². The summed E-state index contributed by atoms with van der Waals surface area (Å²) in [6.45, 7) is 3.41. The first-order valence-corrected chi connectivity index (χ1v) is 6.27. The molecule has 0 saturated carbocycles. The van der Waals surface area contributed by atoms with Crippen LogP contribution in [0.4, 0.5) is 16.2 Å². The molecule has 6 nitrogen and oxygen atoms in total. The van der Waals surface area contributed by atoms with Crippen molar-refractivity contribution in [3.63, 3.8) is 0 Å². The molecule has 0 spiro atoms. The van der Waals surface area contributed by atoms with Gasteiger partial charge in [-0.05, 0) is 37.6 Å². The van der Waals surface area contributed by atoms with Crippen LogP contribution in [0.15, 0.2) is 42.5 Å². The quantitative estimate of drug-likeness (QED) is 0.686. The molecule has 1 N–H and O–H groups in total. The summed E-state index contributed by atoms with van der Waals surface area (Å²) in [5.74, 6) is 0.397. The average molecular weight is 286 g/mol. The standard InChI is InChI=1S/C15H14N2O4/c1-10-8-11(2)14(17(19)20)9-13(10)16-15(18)21-12-6-4-3-5-7-12/h3-9H,1-2H3,(H,16,18). The highest BCUT2D eigenvalue weighted by molar-refractivity contribution is 5.88. The second-order valence-corrected chi connectivity index (χ2v) is 4.54. The van der Waals surface area contributed by atoms with Gasteiger partial charge >= 0.3 is 6.09 Å². The number of nitro benzene ring substituents is 1. The van der Waals surface area contributed by atoms with E-state index in [2.05, 4.69) is 5.32 Å². The van der Waals surface area contributed by atoms with Crippen molar-refractivity contribution in [2.75, 3.05) is 5.32 Å². The van der Waals surface area contributed by atoms with Gasteiger partial charge in [-0.1, -0.05) is 18.2 Å². The fraction of sp³-hybridized carbons (Fsp3) is 0.133. The Hall–Kier alpha value is -2.89. The third kappa shape index (κ3) is 3.56. The van der Waals surface area contributed by atoms with Crippen molar-refractivity contribution >= 4 is 17.5 Å². The number of nitrogens with one attached hydrogen (secondary N) is 1. The third-order valence-electron chi connectivity index (χ3n) is 2.93. The summed E-state index contributed by atoms with van der Waals surface area (Å²) in [6.07, 6.45) is -0.692. The van der Waals surface area contributed by atoms with Crippen molar-refractivity contribution in [1.29, 1.82) is 0 Å². The Labute approximate surface area is 121 Å². The number of nitrogens with zero attached hydrogens (tertiary/aromatic N) is 1. The zero-order valence-corrected chi connectivity index (χ0v) is 11.6. The molecule has 1 amide bonds. The largest absolute Gasteiger partial charge is 0.417 e. The van der Waals surface area contributed by atoms with Crippen molar-refractivity contribution in [3.8, 4) is 5.75 Å². The third-order valence-corrected chi connectivity index (χ3v) is 2.93. The number of amides is 1. The molecule has 0 bridgehead atoms. The van der Waals surface area contributed by atoms with Crippen molar-refractivity contribution in [2.45, 2.75) is 13.8 Å². The van der Waals surface area contributed by atoms with Gasteiger partial charge in [0.15, 0.2) is 0 Å². The summed E-state index contributed by atoms with van der Waals surface area (Å²) in [7, 11) is 0. The second kappa shape index (κ2) is 6.04. The smallest absolute Gasteiger partial charge is 0.410 e. The normalized spacial score (nSPS) is 10.0. The minimum absolute atomic E-state index is 0.0457. The highest BCUT2D eigenvalue weighted by Crippen LogP contribution is 2.26. The number of carbonyl (C=O) groups excluding carboxylic acids is 1. The number of para-hydroxylation sites is 1. The van der Waals surface area contributed by atoms with Crippen LogP contribution in [0.2, 0.25) is 0 Å². The van der Waals surface area contributed by atoms with E-state index in [0.717, 1.165) is 5.56 Å². The zero-order chi connectivity index (χ0) is 15.4. The molecule has 0 atom stereocenters. The Kier molecular flexibility index (Phi) is 4.18. The molecule has 0 fully saturated rings. The number of carbonyl (C=O) groups is 1. The van der Waals surface area contributed by atoms with Gasteiger partial charge in [0.05, 0.1) is 10.6 Å². The summed E-state index contributed by atoms with van der Waals surface area (Å²) in [5.41, 5.74) is 1.58. The van der Waals surface area contributed by atoms with Crippen LogP contribution in [0, 0.1) is 24.0 Å². The monoisotopic (exact) mass is 286 g/mol. The maximum Gasteiger partial charge on any atom is 0.417 e. The van der Waals surface area contributed by atoms with Crippen LogP contribution in [0.5, 0.6) is 5.75 Å². The van der Waals surface area contributed by atoms with Crippen LogP contribution in [0.3, 0.4) is 0 Å². The molecule has 108 valence electrons. The van der Waals surface area contributed by atoms with E-state index >= 15 is 0 Å². The maximum atomic E-state index is 11.8. The van der Waals surface area contributed by atoms with Gasteiger partial charge in [-0.3, -0.25) is 15.4 Å². The number of ether oxygens (including phenoxy) is 1. The summed E-state index contributed by atoms with van der Waals surface area (Å²) in [6, 6.07) is 11.6. The minimum Gasteiger partial charge on any atom is -0.410 e. The Morgan fingerprint density at radius 2 is 1.81 bits per heavy atom. The number of benzene rings is 2. The first-order valence-electron chi connectivity index (χ1n) is 6.27. The molecule has 2 aromatic rings. The topological polar surface area (TPSA) is 81.5 Å². The summed E-state index contributed by atoms with van der Waals surface area (Å²) in [4.78, 5) is 22.2. The number of rotatable bonds is 3. The van der Waals surface area contributed by atoms with Gasteiger partial charge in [-0.2, -0.15) is 0 Å². The Morgan fingerprint density at radius 1 is 1.14 bits per heavy atom. The highest BCUT2D eigenvalue weighted by atomic mass is 16.6. The van der Waals surface area contributed by atoms with Gasteiger partial charge in [0, 0.05) is 11.6 Å². The second-order valence-electron chi connectivity index (χ2n) is 4.54. The van der Waals surface area contributed by atoms with Gasteiger partial charge < -0.3 is 4.74 Å². The summed E-state index contributed by atoms with van der Waals surface area (Å²) < 4.78 is 5.08. The zero-order valence-electron chi connectivity index (χ0n) is 11.6. The summed E-state index contributed by atoms with van der Waals surface area (Å²) in [5, 5.41) is 13.4. The van der Waals surface area contributed by atoms with E-state index in [0.29, 0.717) is 17.0 Å². The van der Waals surface area contributed by atoms with Crippen molar-refractivity contribution < 1.29 is 14.5 Å². The predicted molar refractivity (Wildman–Crippen MR) is 78.7 cm³/mol. The van der Waals surface area contributed by atoms with E-state index < -0.39 is 11.0 Å². The number of hydrogen-bond donors (Lipinski definition) is 1.